The lowest BCUT2D eigenvalue weighted by Crippen LogP contribution is -2.37. The van der Waals surface area contributed by atoms with Crippen molar-refractivity contribution in [2.75, 3.05) is 13.7 Å². The molecular formula is C17H21NO4. The average Bonchev–Trinajstić information content (AvgIpc) is 3.02. The van der Waals surface area contributed by atoms with Crippen molar-refractivity contribution in [1.29, 1.82) is 0 Å². The van der Waals surface area contributed by atoms with Crippen molar-refractivity contribution in [3.8, 4) is 0 Å². The molecule has 1 aromatic rings. The van der Waals surface area contributed by atoms with Gasteiger partial charge in [-0.1, -0.05) is 24.3 Å². The van der Waals surface area contributed by atoms with E-state index in [0.29, 0.717) is 19.5 Å². The summed E-state index contributed by atoms with van der Waals surface area (Å²) in [5.41, 5.74) is 2.49. The van der Waals surface area contributed by atoms with E-state index >= 15 is 0 Å². The maximum absolute atomic E-state index is 12.3. The average molecular weight is 303 g/mol. The molecule has 118 valence electrons. The van der Waals surface area contributed by atoms with Crippen LogP contribution in [0.15, 0.2) is 24.3 Å². The van der Waals surface area contributed by atoms with Gasteiger partial charge < -0.3 is 14.4 Å². The molecule has 0 bridgehead atoms. The van der Waals surface area contributed by atoms with E-state index in [4.69, 9.17) is 9.47 Å². The number of carbonyl (C=O) groups excluding carboxylic acids is 2. The van der Waals surface area contributed by atoms with Crippen molar-refractivity contribution in [2.45, 2.75) is 38.3 Å². The first-order valence-electron chi connectivity index (χ1n) is 7.77. The number of ether oxygens (including phenoxy) is 2. The molecule has 1 saturated carbocycles. The van der Waals surface area contributed by atoms with Crippen molar-refractivity contribution in [3.05, 3.63) is 35.4 Å². The largest absolute Gasteiger partial charge is 0.469 e. The number of nitrogens with zero attached hydrogens (tertiary/aromatic N) is 1. The SMILES string of the molecule is COC(=O)C1CCC(OC(=O)N2CCc3ccccc3C2)C1. The zero-order valence-corrected chi connectivity index (χ0v) is 12.8. The number of amides is 1. The summed E-state index contributed by atoms with van der Waals surface area (Å²) in [5.74, 6) is -0.338. The molecule has 1 aliphatic heterocycles. The number of rotatable bonds is 2. The second kappa shape index (κ2) is 6.38. The number of methoxy groups -OCH3 is 1. The molecule has 22 heavy (non-hydrogen) atoms. The zero-order valence-electron chi connectivity index (χ0n) is 12.8. The van der Waals surface area contributed by atoms with Crippen LogP contribution >= 0.6 is 0 Å². The van der Waals surface area contributed by atoms with Gasteiger partial charge in [-0.2, -0.15) is 0 Å². The number of hydrogen-bond acceptors (Lipinski definition) is 4. The highest BCUT2D eigenvalue weighted by Crippen LogP contribution is 2.29. The third kappa shape index (κ3) is 3.08. The van der Waals surface area contributed by atoms with Crippen LogP contribution in [-0.2, 0) is 27.2 Å². The van der Waals surface area contributed by atoms with E-state index < -0.39 is 0 Å². The number of hydrogen-bond donors (Lipinski definition) is 0. The van der Waals surface area contributed by atoms with E-state index in [1.54, 1.807) is 4.90 Å². The van der Waals surface area contributed by atoms with Gasteiger partial charge in [0.1, 0.15) is 6.10 Å². The predicted octanol–water partition coefficient (Wildman–Crippen LogP) is 2.52. The Bertz CT molecular complexity index is 572. The van der Waals surface area contributed by atoms with Crippen LogP contribution in [0.25, 0.3) is 0 Å². The van der Waals surface area contributed by atoms with Crippen LogP contribution in [0.4, 0.5) is 4.79 Å². The Labute approximate surface area is 130 Å². The van der Waals surface area contributed by atoms with Crippen molar-refractivity contribution in [3.63, 3.8) is 0 Å². The van der Waals surface area contributed by atoms with Crippen molar-refractivity contribution in [1.82, 2.24) is 4.90 Å². The molecular weight excluding hydrogens is 282 g/mol. The zero-order chi connectivity index (χ0) is 15.5. The molecule has 1 heterocycles. The van der Waals surface area contributed by atoms with Gasteiger partial charge in [-0.3, -0.25) is 4.79 Å². The summed E-state index contributed by atoms with van der Waals surface area (Å²) in [6.45, 7) is 1.28. The maximum Gasteiger partial charge on any atom is 0.410 e. The fourth-order valence-corrected chi connectivity index (χ4v) is 3.30. The molecule has 2 atom stereocenters. The highest BCUT2D eigenvalue weighted by Gasteiger charge is 2.34. The third-order valence-corrected chi connectivity index (χ3v) is 4.58. The summed E-state index contributed by atoms with van der Waals surface area (Å²) >= 11 is 0. The monoisotopic (exact) mass is 303 g/mol. The van der Waals surface area contributed by atoms with Crippen LogP contribution in [0, 0.1) is 5.92 Å². The summed E-state index contributed by atoms with van der Waals surface area (Å²) in [6, 6.07) is 8.18. The van der Waals surface area contributed by atoms with Crippen molar-refractivity contribution < 1.29 is 19.1 Å². The van der Waals surface area contributed by atoms with E-state index in [1.807, 2.05) is 12.1 Å². The van der Waals surface area contributed by atoms with Gasteiger partial charge in [0.2, 0.25) is 0 Å². The fraction of sp³-hybridized carbons (Fsp3) is 0.529. The topological polar surface area (TPSA) is 55.8 Å². The normalized spacial score (nSPS) is 23.8. The fourth-order valence-electron chi connectivity index (χ4n) is 3.30. The minimum absolute atomic E-state index is 0.134. The van der Waals surface area contributed by atoms with Crippen molar-refractivity contribution >= 4 is 12.1 Å². The molecule has 2 unspecified atom stereocenters. The quantitative estimate of drug-likeness (QED) is 0.788. The van der Waals surface area contributed by atoms with Gasteiger partial charge in [0.15, 0.2) is 0 Å². The lowest BCUT2D eigenvalue weighted by molar-refractivity contribution is -0.145. The lowest BCUT2D eigenvalue weighted by atomic mass is 10.0. The minimum Gasteiger partial charge on any atom is -0.469 e. The first-order chi connectivity index (χ1) is 10.7. The van der Waals surface area contributed by atoms with E-state index in [1.165, 1.54) is 18.2 Å². The first-order valence-corrected chi connectivity index (χ1v) is 7.77. The molecule has 1 aromatic carbocycles. The molecule has 5 nitrogen and oxygen atoms in total. The van der Waals surface area contributed by atoms with Gasteiger partial charge >= 0.3 is 12.1 Å². The number of esters is 1. The molecule has 1 fully saturated rings. The van der Waals surface area contributed by atoms with Gasteiger partial charge in [-0.25, -0.2) is 4.79 Å². The summed E-state index contributed by atoms with van der Waals surface area (Å²) in [5, 5.41) is 0. The summed E-state index contributed by atoms with van der Waals surface area (Å²) in [7, 11) is 1.40. The molecule has 5 heteroatoms. The molecule has 1 aliphatic carbocycles. The Morgan fingerprint density at radius 3 is 2.73 bits per heavy atom. The molecule has 0 saturated heterocycles. The van der Waals surface area contributed by atoms with Gasteiger partial charge in [-0.05, 0) is 36.8 Å². The maximum atomic E-state index is 12.3. The molecule has 3 rings (SSSR count). The van der Waals surface area contributed by atoms with Crippen LogP contribution in [0.1, 0.15) is 30.4 Å². The first kappa shape index (κ1) is 14.9. The second-order valence-electron chi connectivity index (χ2n) is 5.98. The summed E-state index contributed by atoms with van der Waals surface area (Å²) < 4.78 is 10.3. The lowest BCUT2D eigenvalue weighted by Gasteiger charge is -2.29. The molecule has 0 N–H and O–H groups in total. The number of fused-ring (bicyclic) bond motifs is 1. The van der Waals surface area contributed by atoms with Gasteiger partial charge in [0.25, 0.3) is 0 Å². The van der Waals surface area contributed by atoms with Crippen LogP contribution in [0.3, 0.4) is 0 Å². The standard InChI is InChI=1S/C17H21NO4/c1-21-16(19)13-6-7-15(10-13)22-17(20)18-9-8-12-4-2-3-5-14(12)11-18/h2-5,13,15H,6-11H2,1H3. The summed E-state index contributed by atoms with van der Waals surface area (Å²) in [4.78, 5) is 25.6. The van der Waals surface area contributed by atoms with Gasteiger partial charge in [-0.15, -0.1) is 0 Å². The van der Waals surface area contributed by atoms with Gasteiger partial charge in [0.05, 0.1) is 13.0 Å². The smallest absolute Gasteiger partial charge is 0.410 e. The Morgan fingerprint density at radius 1 is 1.18 bits per heavy atom. The van der Waals surface area contributed by atoms with E-state index in [-0.39, 0.29) is 24.1 Å². The molecule has 0 aromatic heterocycles. The Morgan fingerprint density at radius 2 is 1.95 bits per heavy atom. The van der Waals surface area contributed by atoms with E-state index in [0.717, 1.165) is 19.3 Å². The summed E-state index contributed by atoms with van der Waals surface area (Å²) in [6.07, 6.45) is 2.45. The Balaban J connectivity index is 1.54. The predicted molar refractivity (Wildman–Crippen MR) is 80.2 cm³/mol. The second-order valence-corrected chi connectivity index (χ2v) is 5.98. The van der Waals surface area contributed by atoms with E-state index in [9.17, 15) is 9.59 Å². The molecule has 2 aliphatic rings. The Hall–Kier alpha value is -2.04. The van der Waals surface area contributed by atoms with Crippen LogP contribution in [0.2, 0.25) is 0 Å². The van der Waals surface area contributed by atoms with Crippen LogP contribution in [-0.4, -0.2) is 36.7 Å². The third-order valence-electron chi connectivity index (χ3n) is 4.58. The number of benzene rings is 1. The highest BCUT2D eigenvalue weighted by molar-refractivity contribution is 5.73. The van der Waals surface area contributed by atoms with Crippen molar-refractivity contribution in [2.24, 2.45) is 5.92 Å². The molecule has 1 amide bonds. The van der Waals surface area contributed by atoms with Crippen LogP contribution in [0.5, 0.6) is 0 Å². The molecule has 0 radical (unpaired) electrons. The van der Waals surface area contributed by atoms with Gasteiger partial charge in [0, 0.05) is 13.1 Å². The number of carbonyl (C=O) groups is 2. The highest BCUT2D eigenvalue weighted by atomic mass is 16.6. The Kier molecular flexibility index (Phi) is 4.32. The van der Waals surface area contributed by atoms with Crippen LogP contribution < -0.4 is 0 Å². The molecule has 0 spiro atoms. The van der Waals surface area contributed by atoms with E-state index in [2.05, 4.69) is 12.1 Å². The minimum atomic E-state index is -0.273.